The smallest absolute Gasteiger partial charge is 0.316 e. The third kappa shape index (κ3) is 6.04. The molecule has 12 heteroatoms. The molecule has 1 saturated heterocycles. The van der Waals surface area contributed by atoms with Gasteiger partial charge in [0.1, 0.15) is 23.6 Å². The molecule has 2 aliphatic rings. The van der Waals surface area contributed by atoms with Crippen LogP contribution in [0.2, 0.25) is 0 Å². The summed E-state index contributed by atoms with van der Waals surface area (Å²) in [4.78, 5) is 57.4. The van der Waals surface area contributed by atoms with Crippen LogP contribution in [0.4, 0.5) is 5.69 Å². The van der Waals surface area contributed by atoms with Crippen molar-refractivity contribution in [3.05, 3.63) is 48.8 Å². The summed E-state index contributed by atoms with van der Waals surface area (Å²) < 4.78 is 11.2. The minimum atomic E-state index is -1.55. The minimum Gasteiger partial charge on any atom is -0.545 e. The summed E-state index contributed by atoms with van der Waals surface area (Å²) in [5.74, 6) is -6.13. The van der Waals surface area contributed by atoms with Crippen LogP contribution in [0.15, 0.2) is 48.8 Å². The second kappa shape index (κ2) is 11.7. The Kier molecular flexibility index (Phi) is 9.01. The number of aliphatic carboxylic acids is 2. The van der Waals surface area contributed by atoms with E-state index in [9.17, 15) is 39.4 Å². The molecular formula is C22H24N2O10. The zero-order valence-corrected chi connectivity index (χ0v) is 18.4. The zero-order chi connectivity index (χ0) is 25.4. The first-order chi connectivity index (χ1) is 16.1. The van der Waals surface area contributed by atoms with Crippen LogP contribution in [0.5, 0.6) is 0 Å². The van der Waals surface area contributed by atoms with Gasteiger partial charge in [-0.1, -0.05) is 0 Å². The Balaban J connectivity index is 0.000000440. The summed E-state index contributed by atoms with van der Waals surface area (Å²) in [6.07, 6.45) is 6.73. The van der Waals surface area contributed by atoms with E-state index in [-0.39, 0.29) is 19.0 Å². The molecule has 0 aromatic carbocycles. The molecule has 2 N–H and O–H groups in total. The van der Waals surface area contributed by atoms with Gasteiger partial charge in [0.25, 0.3) is 0 Å². The number of esters is 2. The fourth-order valence-electron chi connectivity index (χ4n) is 4.05. The molecule has 1 aromatic rings. The molecule has 0 spiro atoms. The number of nitrogens with zero attached hydrogens (tertiary/aromatic N) is 1. The van der Waals surface area contributed by atoms with Crippen LogP contribution in [-0.2, 0) is 33.4 Å². The standard InChI is InChI=1S/C18H21N2O6.C4H4O4/c1-3-25-17(22)14-12-5-6-13(21)16(15(14)18(23)26-4-2)20(12)11-7-9-19(24)10-8-11;5-3(6)1-2-4(7)8/h5-10,12,14-16,24H,3-4H2,1-2H3;1-2H,(H,5,6)(H,7,8)/q+1;/p-1/b;2-1+. The van der Waals surface area contributed by atoms with E-state index in [0.29, 0.717) is 22.7 Å². The summed E-state index contributed by atoms with van der Waals surface area (Å²) in [6, 6.07) is 2.10. The van der Waals surface area contributed by atoms with Crippen molar-refractivity contribution in [3.8, 4) is 0 Å². The van der Waals surface area contributed by atoms with E-state index < -0.39 is 47.8 Å². The summed E-state index contributed by atoms with van der Waals surface area (Å²) in [6.45, 7) is 3.72. The molecule has 2 aliphatic heterocycles. The van der Waals surface area contributed by atoms with Gasteiger partial charge in [-0.2, -0.15) is 0 Å². The van der Waals surface area contributed by atoms with Crippen molar-refractivity contribution in [1.82, 2.24) is 0 Å². The number of fused-ring (bicyclic) bond motifs is 2. The quantitative estimate of drug-likeness (QED) is 0.171. The van der Waals surface area contributed by atoms with Crippen LogP contribution in [-0.4, -0.2) is 60.2 Å². The predicted molar refractivity (Wildman–Crippen MR) is 106 cm³/mol. The van der Waals surface area contributed by atoms with E-state index in [4.69, 9.17) is 9.47 Å². The van der Waals surface area contributed by atoms with E-state index in [2.05, 4.69) is 0 Å². The molecule has 1 fully saturated rings. The topological polar surface area (TPSA) is 178 Å². The number of carbonyl (C=O) groups excluding carboxylic acids is 5. The maximum Gasteiger partial charge on any atom is 0.316 e. The first-order valence-electron chi connectivity index (χ1n) is 10.3. The van der Waals surface area contributed by atoms with Crippen molar-refractivity contribution in [1.29, 1.82) is 0 Å². The number of rotatable bonds is 7. The van der Waals surface area contributed by atoms with Crippen molar-refractivity contribution in [2.45, 2.75) is 25.9 Å². The Morgan fingerprint density at radius 1 is 1.00 bits per heavy atom. The third-order valence-electron chi connectivity index (χ3n) is 5.22. The number of carbonyl (C=O) groups is 5. The number of ketones is 1. The number of carboxylic acid groups (broad SMARTS) is 2. The Morgan fingerprint density at radius 2 is 1.50 bits per heavy atom. The van der Waals surface area contributed by atoms with Gasteiger partial charge in [0, 0.05) is 4.73 Å². The van der Waals surface area contributed by atoms with Gasteiger partial charge in [0.05, 0.1) is 37.3 Å². The molecule has 0 amide bonds. The number of aromatic nitrogens is 1. The summed E-state index contributed by atoms with van der Waals surface area (Å²) in [5, 5.41) is 28.3. The van der Waals surface area contributed by atoms with Crippen LogP contribution in [0.3, 0.4) is 0 Å². The lowest BCUT2D eigenvalue weighted by Gasteiger charge is -2.27. The molecule has 34 heavy (non-hydrogen) atoms. The highest BCUT2D eigenvalue weighted by atomic mass is 16.5. The maximum atomic E-state index is 12.6. The highest BCUT2D eigenvalue weighted by Crippen LogP contribution is 2.32. The van der Waals surface area contributed by atoms with Gasteiger partial charge in [-0.25, -0.2) is 0 Å². The van der Waals surface area contributed by atoms with Crippen LogP contribution in [0, 0.1) is 11.8 Å². The number of hydrogen-bond acceptors (Lipinski definition) is 10. The van der Waals surface area contributed by atoms with Gasteiger partial charge < -0.3 is 29.3 Å². The predicted octanol–water partition coefficient (Wildman–Crippen LogP) is -3.98. The average molecular weight is 476 g/mol. The van der Waals surface area contributed by atoms with Crippen LogP contribution in [0.25, 0.3) is 0 Å². The van der Waals surface area contributed by atoms with Crippen molar-refractivity contribution < 1.29 is 58.5 Å². The minimum absolute atomic E-state index is 0.162. The number of hydrogen-bond donors (Lipinski definition) is 2. The molecule has 0 saturated carbocycles. The Hall–Kier alpha value is -4.06. The van der Waals surface area contributed by atoms with Crippen LogP contribution >= 0.6 is 0 Å². The van der Waals surface area contributed by atoms with E-state index in [1.807, 2.05) is 0 Å². The van der Waals surface area contributed by atoms with E-state index >= 15 is 0 Å². The van der Waals surface area contributed by atoms with Gasteiger partial charge in [-0.3, -0.25) is 24.5 Å². The second-order valence-electron chi connectivity index (χ2n) is 7.21. The molecule has 5 atom stereocenters. The monoisotopic (exact) mass is 476 g/mol. The normalized spacial score (nSPS) is 24.8. The first-order valence-corrected chi connectivity index (χ1v) is 10.3. The second-order valence-corrected chi connectivity index (χ2v) is 7.21. The SMILES string of the molecule is CCOC(=O)C1C(C(=O)OCC)C2C(=O)C=CC1[NH+]2c1cc[n+](O)cc1.O=C([O-])/C=C/C(=O)[O-]. The first kappa shape index (κ1) is 26.2. The number of pyridine rings is 1. The summed E-state index contributed by atoms with van der Waals surface area (Å²) in [5.41, 5.74) is 0.698. The average Bonchev–Trinajstić information content (AvgIpc) is 3.04. The zero-order valence-electron chi connectivity index (χ0n) is 18.4. The van der Waals surface area contributed by atoms with Crippen molar-refractivity contribution in [3.63, 3.8) is 0 Å². The molecule has 3 rings (SSSR count). The number of quaternary nitrogens is 1. The molecular weight excluding hydrogens is 452 g/mol. The van der Waals surface area contributed by atoms with Crippen molar-refractivity contribution >= 4 is 35.3 Å². The van der Waals surface area contributed by atoms with Gasteiger partial charge in [-0.05, 0) is 38.2 Å². The fraction of sp³-hybridized carbons (Fsp3) is 0.364. The van der Waals surface area contributed by atoms with E-state index in [1.54, 1.807) is 32.1 Å². The lowest BCUT2D eigenvalue weighted by Crippen LogP contribution is -3.14. The Labute approximate surface area is 194 Å². The molecule has 0 radical (unpaired) electrons. The van der Waals surface area contributed by atoms with Gasteiger partial charge in [0.15, 0.2) is 6.04 Å². The van der Waals surface area contributed by atoms with Crippen LogP contribution < -0.4 is 19.8 Å². The lowest BCUT2D eigenvalue weighted by atomic mass is 9.87. The largest absolute Gasteiger partial charge is 0.545 e. The van der Waals surface area contributed by atoms with Crippen molar-refractivity contribution in [2.75, 3.05) is 13.2 Å². The number of ether oxygens (including phenoxy) is 2. The summed E-state index contributed by atoms with van der Waals surface area (Å²) >= 11 is 0. The lowest BCUT2D eigenvalue weighted by molar-refractivity contribution is -0.906. The number of nitrogens with one attached hydrogen (secondary N) is 1. The Morgan fingerprint density at radius 3 is 1.97 bits per heavy atom. The van der Waals surface area contributed by atoms with Crippen LogP contribution in [0.1, 0.15) is 13.8 Å². The number of carboxylic acids is 2. The molecule has 5 unspecified atom stereocenters. The van der Waals surface area contributed by atoms with Crippen molar-refractivity contribution in [2.24, 2.45) is 11.8 Å². The highest BCUT2D eigenvalue weighted by Gasteiger charge is 2.63. The molecule has 3 heterocycles. The van der Waals surface area contributed by atoms with E-state index in [1.165, 1.54) is 18.5 Å². The molecule has 0 aliphatic carbocycles. The van der Waals surface area contributed by atoms with E-state index in [0.717, 1.165) is 4.73 Å². The molecule has 2 bridgehead atoms. The Bertz CT molecular complexity index is 985. The summed E-state index contributed by atoms with van der Waals surface area (Å²) in [7, 11) is 0. The molecule has 182 valence electrons. The van der Waals surface area contributed by atoms with Gasteiger partial charge in [-0.15, -0.1) is 0 Å². The fourth-order valence-corrected chi connectivity index (χ4v) is 4.05. The maximum absolute atomic E-state index is 12.6. The van der Waals surface area contributed by atoms with Gasteiger partial charge in [0.2, 0.25) is 18.2 Å². The highest BCUT2D eigenvalue weighted by molar-refractivity contribution is 6.00. The molecule has 12 nitrogen and oxygen atoms in total. The van der Waals surface area contributed by atoms with Gasteiger partial charge >= 0.3 is 11.9 Å². The molecule has 1 aromatic heterocycles. The third-order valence-corrected chi connectivity index (χ3v) is 5.22.